The number of nitrogens with zero attached hydrogens (tertiary/aromatic N) is 1. The summed E-state index contributed by atoms with van der Waals surface area (Å²) in [7, 11) is -6.19. The molecule has 0 spiro atoms. The van der Waals surface area contributed by atoms with Crippen LogP contribution in [0.2, 0.25) is 0 Å². The number of hydrogen-bond donors (Lipinski definition) is 0. The van der Waals surface area contributed by atoms with Crippen molar-refractivity contribution in [1.82, 2.24) is 0 Å². The molecule has 0 aromatic heterocycles. The molecule has 0 atom stereocenters. The van der Waals surface area contributed by atoms with Crippen LogP contribution in [0.5, 0.6) is 0 Å². The highest BCUT2D eigenvalue weighted by molar-refractivity contribution is 7.99. The van der Waals surface area contributed by atoms with Crippen LogP contribution in [-0.4, -0.2) is 14.7 Å². The summed E-state index contributed by atoms with van der Waals surface area (Å²) in [4.78, 5) is 0. The summed E-state index contributed by atoms with van der Waals surface area (Å²) < 4.78 is 28.9. The summed E-state index contributed by atoms with van der Waals surface area (Å²) in [6.45, 7) is 0. The van der Waals surface area contributed by atoms with Crippen LogP contribution < -0.4 is 15.9 Å². The third kappa shape index (κ3) is 3.35. The molecule has 24 heavy (non-hydrogen) atoms. The number of benzene rings is 3. The van der Waals surface area contributed by atoms with Gasteiger partial charge < -0.3 is 0 Å². The van der Waals surface area contributed by atoms with E-state index in [9.17, 15) is 8.42 Å². The predicted octanol–water partition coefficient (Wildman–Crippen LogP) is 3.12. The van der Waals surface area contributed by atoms with Gasteiger partial charge in [-0.15, -0.1) is 0 Å². The molecular weight excluding hydrogens is 337 g/mol. The number of hydrogen-bond acceptors (Lipinski definition) is 2. The summed E-state index contributed by atoms with van der Waals surface area (Å²) >= 11 is 0. The Bertz CT molecular complexity index is 866. The van der Waals surface area contributed by atoms with Crippen molar-refractivity contribution >= 4 is 33.0 Å². The monoisotopic (exact) mass is 355 g/mol. The zero-order valence-corrected chi connectivity index (χ0v) is 15.0. The second-order valence-corrected chi connectivity index (χ2v) is 10.4. The fraction of sp³-hybridized carbons (Fsp3) is 0.0526. The molecule has 0 aliphatic rings. The highest BCUT2D eigenvalue weighted by Crippen LogP contribution is 2.47. The van der Waals surface area contributed by atoms with E-state index in [1.165, 1.54) is 0 Å². The Labute approximate surface area is 143 Å². The van der Waals surface area contributed by atoms with E-state index in [-0.39, 0.29) is 0 Å². The van der Waals surface area contributed by atoms with Crippen LogP contribution in [0.25, 0.3) is 0 Å². The van der Waals surface area contributed by atoms with E-state index in [0.717, 1.165) is 22.2 Å². The number of rotatable bonds is 4. The molecule has 0 aliphatic heterocycles. The van der Waals surface area contributed by atoms with Gasteiger partial charge in [0.05, 0.1) is 13.3 Å². The molecule has 0 N–H and O–H groups in total. The van der Waals surface area contributed by atoms with Crippen LogP contribution in [0.15, 0.2) is 95.1 Å². The van der Waals surface area contributed by atoms with E-state index in [4.69, 9.17) is 0 Å². The minimum atomic E-state index is -3.55. The van der Waals surface area contributed by atoms with E-state index in [2.05, 4.69) is 4.15 Å². The van der Waals surface area contributed by atoms with Crippen LogP contribution in [0, 0.1) is 0 Å². The summed E-state index contributed by atoms with van der Waals surface area (Å²) in [6.07, 6.45) is 1.16. The largest absolute Gasteiger partial charge is 0.249 e. The fourth-order valence-corrected chi connectivity index (χ4v) is 8.36. The molecule has 5 heteroatoms. The Morgan fingerprint density at radius 2 is 0.917 bits per heavy atom. The number of sulfonamides is 1. The van der Waals surface area contributed by atoms with Gasteiger partial charge >= 0.3 is 0 Å². The van der Waals surface area contributed by atoms with Crippen LogP contribution >= 0.6 is 7.05 Å². The molecule has 0 heterocycles. The summed E-state index contributed by atoms with van der Waals surface area (Å²) in [6, 6.07) is 29.1. The van der Waals surface area contributed by atoms with E-state index in [1.54, 1.807) is 0 Å². The molecule has 3 nitrogen and oxygen atoms in total. The summed E-state index contributed by atoms with van der Waals surface area (Å²) in [5.74, 6) is 0. The molecule has 0 saturated heterocycles. The molecule has 0 saturated carbocycles. The van der Waals surface area contributed by atoms with Crippen molar-refractivity contribution < 1.29 is 8.42 Å². The predicted molar refractivity (Wildman–Crippen MR) is 102 cm³/mol. The van der Waals surface area contributed by atoms with Gasteiger partial charge in [-0.1, -0.05) is 91.0 Å². The van der Waals surface area contributed by atoms with Gasteiger partial charge in [-0.25, -0.2) is 8.42 Å². The molecule has 122 valence electrons. The van der Waals surface area contributed by atoms with Gasteiger partial charge in [-0.2, -0.15) is 4.15 Å². The molecular formula is C19H18NO2PS. The lowest BCUT2D eigenvalue weighted by molar-refractivity contribution is 0.604. The minimum Gasteiger partial charge on any atom is -0.205 e. The normalized spacial score (nSPS) is 11.9. The lowest BCUT2D eigenvalue weighted by atomic mass is 10.4. The Hall–Kier alpha value is -2.16. The van der Waals surface area contributed by atoms with E-state index in [0.29, 0.717) is 0 Å². The molecule has 0 amide bonds. The SMILES string of the molecule is CS(=O)(=O)N=P(c1ccccc1)(c1ccccc1)c1ccccc1. The van der Waals surface area contributed by atoms with Crippen LogP contribution in [0.1, 0.15) is 0 Å². The van der Waals surface area contributed by atoms with Gasteiger partial charge in [0.1, 0.15) is 0 Å². The van der Waals surface area contributed by atoms with Crippen LogP contribution in [-0.2, 0) is 10.0 Å². The van der Waals surface area contributed by atoms with Gasteiger partial charge in [0.25, 0.3) is 0 Å². The maximum absolute atomic E-state index is 12.2. The van der Waals surface area contributed by atoms with Crippen molar-refractivity contribution in [3.8, 4) is 0 Å². The first-order chi connectivity index (χ1) is 11.5. The first kappa shape index (κ1) is 16.7. The van der Waals surface area contributed by atoms with Crippen molar-refractivity contribution in [2.75, 3.05) is 6.26 Å². The molecule has 3 rings (SSSR count). The Kier molecular flexibility index (Phi) is 4.70. The van der Waals surface area contributed by atoms with Gasteiger partial charge in [0, 0.05) is 15.9 Å². The van der Waals surface area contributed by atoms with E-state index < -0.39 is 17.1 Å². The molecule has 0 aliphatic carbocycles. The summed E-state index contributed by atoms with van der Waals surface area (Å²) in [5, 5.41) is 2.77. The van der Waals surface area contributed by atoms with Crippen LogP contribution in [0.3, 0.4) is 0 Å². The average Bonchev–Trinajstić information content (AvgIpc) is 2.61. The van der Waals surface area contributed by atoms with E-state index in [1.807, 2.05) is 91.0 Å². The highest BCUT2D eigenvalue weighted by Gasteiger charge is 2.29. The van der Waals surface area contributed by atoms with Gasteiger partial charge in [-0.05, 0) is 0 Å². The molecule has 3 aromatic carbocycles. The smallest absolute Gasteiger partial charge is 0.205 e. The lowest BCUT2D eigenvalue weighted by Gasteiger charge is -2.25. The molecule has 3 aromatic rings. The van der Waals surface area contributed by atoms with Crippen molar-refractivity contribution in [3.05, 3.63) is 91.0 Å². The molecule has 0 unspecified atom stereocenters. The Morgan fingerprint density at radius 1 is 0.625 bits per heavy atom. The molecule has 0 fully saturated rings. The second-order valence-electron chi connectivity index (χ2n) is 5.46. The first-order valence-corrected chi connectivity index (χ1v) is 11.1. The maximum atomic E-state index is 12.2. The quantitative estimate of drug-likeness (QED) is 0.675. The van der Waals surface area contributed by atoms with Crippen molar-refractivity contribution in [3.63, 3.8) is 0 Å². The zero-order chi connectivity index (χ0) is 17.0. The van der Waals surface area contributed by atoms with Gasteiger partial charge in [0.2, 0.25) is 10.0 Å². The highest BCUT2D eigenvalue weighted by atomic mass is 32.2. The molecule has 0 bridgehead atoms. The fourth-order valence-electron chi connectivity index (χ4n) is 2.74. The van der Waals surface area contributed by atoms with Crippen LogP contribution in [0.4, 0.5) is 0 Å². The first-order valence-electron chi connectivity index (χ1n) is 7.53. The van der Waals surface area contributed by atoms with Gasteiger partial charge in [-0.3, -0.25) is 0 Å². The third-order valence-corrected chi connectivity index (χ3v) is 8.96. The third-order valence-electron chi connectivity index (χ3n) is 3.66. The van der Waals surface area contributed by atoms with Gasteiger partial charge in [0.15, 0.2) is 0 Å². The minimum absolute atomic E-state index is 0.924. The Morgan fingerprint density at radius 3 is 1.17 bits per heavy atom. The Balaban J connectivity index is 2.50. The van der Waals surface area contributed by atoms with Crippen molar-refractivity contribution in [1.29, 1.82) is 0 Å². The second kappa shape index (κ2) is 6.76. The maximum Gasteiger partial charge on any atom is 0.249 e. The van der Waals surface area contributed by atoms with Crippen molar-refractivity contribution in [2.45, 2.75) is 0 Å². The average molecular weight is 355 g/mol. The topological polar surface area (TPSA) is 46.5 Å². The van der Waals surface area contributed by atoms with E-state index >= 15 is 0 Å². The lowest BCUT2D eigenvalue weighted by Crippen LogP contribution is -2.26. The molecule has 0 radical (unpaired) electrons. The summed E-state index contributed by atoms with van der Waals surface area (Å²) in [5.41, 5.74) is 0. The zero-order valence-electron chi connectivity index (χ0n) is 13.3. The van der Waals surface area contributed by atoms with Crippen molar-refractivity contribution in [2.24, 2.45) is 4.15 Å². The standard InChI is InChI=1S/C19H18NO2PS/c1-24(21,22)20-23(17-11-5-2-6-12-17,18-13-7-3-8-14-18)19-15-9-4-10-16-19/h2-16H,1H3.